The lowest BCUT2D eigenvalue weighted by molar-refractivity contribution is 0.0262. The highest BCUT2D eigenvalue weighted by molar-refractivity contribution is 9.09. The van der Waals surface area contributed by atoms with Crippen molar-refractivity contribution < 1.29 is 9.47 Å². The molecule has 164 valence electrons. The Bertz CT molecular complexity index is 606. The van der Waals surface area contributed by atoms with Gasteiger partial charge in [-0.25, -0.2) is 0 Å². The minimum atomic E-state index is -0.429. The van der Waals surface area contributed by atoms with E-state index in [4.69, 9.17) is 9.47 Å². The van der Waals surface area contributed by atoms with Crippen LogP contribution in [0.4, 0.5) is 0 Å². The van der Waals surface area contributed by atoms with Crippen molar-refractivity contribution in [2.75, 3.05) is 23.9 Å². The monoisotopic (exact) mass is 592 g/mol. The number of benzene rings is 1. The predicted octanol–water partition coefficient (Wildman–Crippen LogP) is 8.70. The number of ether oxygens (including phenoxy) is 2. The molecule has 0 aliphatic heterocycles. The van der Waals surface area contributed by atoms with Gasteiger partial charge in [0, 0.05) is 34.8 Å². The van der Waals surface area contributed by atoms with Crippen molar-refractivity contribution in [3.8, 4) is 0 Å². The molecule has 1 aliphatic rings. The number of halogens is 3. The Morgan fingerprint density at radius 3 is 2.03 bits per heavy atom. The van der Waals surface area contributed by atoms with Crippen LogP contribution in [0.5, 0.6) is 0 Å². The lowest BCUT2D eigenvalue weighted by atomic mass is 9.93. The van der Waals surface area contributed by atoms with Gasteiger partial charge in [0.2, 0.25) is 0 Å². The molecule has 0 N–H and O–H groups in total. The van der Waals surface area contributed by atoms with Crippen molar-refractivity contribution in [1.29, 1.82) is 0 Å². The number of hydrogen-bond donors (Lipinski definition) is 0. The Labute approximate surface area is 202 Å². The second-order valence-corrected chi connectivity index (χ2v) is 10.5. The number of rotatable bonds is 16. The Kier molecular flexibility index (Phi) is 13.2. The van der Waals surface area contributed by atoms with Gasteiger partial charge < -0.3 is 9.47 Å². The molecular weight excluding hydrogens is 560 g/mol. The molecule has 5 heteroatoms. The van der Waals surface area contributed by atoms with Crippen LogP contribution in [0.25, 0.3) is 5.76 Å². The highest BCUT2D eigenvalue weighted by Gasteiger charge is 2.35. The van der Waals surface area contributed by atoms with E-state index >= 15 is 0 Å². The Hall–Kier alpha value is 0.160. The molecule has 0 aromatic heterocycles. The summed E-state index contributed by atoms with van der Waals surface area (Å²) in [5.74, 6) is 1.01. The molecule has 2 rings (SSSR count). The van der Waals surface area contributed by atoms with E-state index in [1.807, 2.05) is 0 Å². The molecule has 0 spiro atoms. The minimum absolute atomic E-state index is 0.429. The number of hydrogen-bond acceptors (Lipinski definition) is 2. The van der Waals surface area contributed by atoms with Crippen molar-refractivity contribution >= 4 is 53.5 Å². The normalized spacial score (nSPS) is 18.4. The summed E-state index contributed by atoms with van der Waals surface area (Å²) in [7, 11) is 0. The predicted molar refractivity (Wildman–Crippen MR) is 135 cm³/mol. The Morgan fingerprint density at radius 1 is 0.759 bits per heavy atom. The van der Waals surface area contributed by atoms with E-state index in [0.717, 1.165) is 54.5 Å². The molecular formula is C24H35Br3O2. The van der Waals surface area contributed by atoms with Crippen LogP contribution in [0.1, 0.15) is 81.8 Å². The van der Waals surface area contributed by atoms with Gasteiger partial charge in [-0.2, -0.15) is 0 Å². The fourth-order valence-electron chi connectivity index (χ4n) is 3.61. The van der Waals surface area contributed by atoms with Crippen LogP contribution in [0.3, 0.4) is 0 Å². The van der Waals surface area contributed by atoms with Gasteiger partial charge in [0.25, 0.3) is 0 Å². The highest BCUT2D eigenvalue weighted by atomic mass is 79.9. The topological polar surface area (TPSA) is 18.5 Å². The first kappa shape index (κ1) is 25.4. The molecule has 0 saturated heterocycles. The summed E-state index contributed by atoms with van der Waals surface area (Å²) in [4.78, 5) is 0. The van der Waals surface area contributed by atoms with Crippen molar-refractivity contribution in [2.45, 2.75) is 75.1 Å². The van der Waals surface area contributed by atoms with Gasteiger partial charge in [-0.15, -0.1) is 0 Å². The fourth-order valence-corrected chi connectivity index (χ4v) is 5.07. The summed E-state index contributed by atoms with van der Waals surface area (Å²) in [5, 5.41) is 2.22. The van der Waals surface area contributed by atoms with Crippen LogP contribution in [0, 0.1) is 0 Å². The van der Waals surface area contributed by atoms with Crippen molar-refractivity contribution in [2.24, 2.45) is 0 Å². The third kappa shape index (κ3) is 9.04. The third-order valence-electron chi connectivity index (χ3n) is 5.29. The molecule has 1 aromatic carbocycles. The van der Waals surface area contributed by atoms with E-state index in [1.165, 1.54) is 56.9 Å². The van der Waals surface area contributed by atoms with E-state index in [-0.39, 0.29) is 0 Å². The summed E-state index contributed by atoms with van der Waals surface area (Å²) < 4.78 is 12.1. The molecule has 1 aromatic rings. The first-order valence-electron chi connectivity index (χ1n) is 11.1. The lowest BCUT2D eigenvalue weighted by Crippen LogP contribution is -2.27. The van der Waals surface area contributed by atoms with E-state index in [9.17, 15) is 0 Å². The van der Waals surface area contributed by atoms with E-state index < -0.39 is 4.51 Å². The van der Waals surface area contributed by atoms with E-state index in [1.54, 1.807) is 0 Å². The first-order chi connectivity index (χ1) is 14.2. The molecule has 2 nitrogen and oxygen atoms in total. The fraction of sp³-hybridized carbons (Fsp3) is 0.667. The summed E-state index contributed by atoms with van der Waals surface area (Å²) in [5.41, 5.74) is 2.35. The molecule has 1 aliphatic carbocycles. The first-order valence-corrected chi connectivity index (χ1v) is 14.1. The second-order valence-electron chi connectivity index (χ2n) is 7.66. The van der Waals surface area contributed by atoms with Gasteiger partial charge in [-0.3, -0.25) is 0 Å². The van der Waals surface area contributed by atoms with Crippen LogP contribution in [-0.2, 0) is 14.0 Å². The van der Waals surface area contributed by atoms with Gasteiger partial charge in [-0.1, -0.05) is 94.7 Å². The van der Waals surface area contributed by atoms with Gasteiger partial charge in [-0.05, 0) is 47.7 Å². The Morgan fingerprint density at radius 2 is 1.34 bits per heavy atom. The summed E-state index contributed by atoms with van der Waals surface area (Å²) >= 11 is 10.9. The standard InChI is InChI=1S/C24H35Br3O2/c25-17-9-3-1-5-11-19-28-23-15-16-24(27,22-14-8-7-13-21(22)23)29-20-12-6-2-4-10-18-26/h7-8,13-15H,1-6,9-12,16-20H2. The Balaban J connectivity index is 1.80. The maximum absolute atomic E-state index is 6.34. The quantitative estimate of drug-likeness (QED) is 0.141. The number of alkyl halides is 3. The molecule has 0 saturated carbocycles. The van der Waals surface area contributed by atoms with Crippen LogP contribution in [-0.4, -0.2) is 23.9 Å². The van der Waals surface area contributed by atoms with Crippen LogP contribution < -0.4 is 0 Å². The average molecular weight is 595 g/mol. The van der Waals surface area contributed by atoms with E-state index in [0.29, 0.717) is 0 Å². The maximum atomic E-state index is 6.34. The van der Waals surface area contributed by atoms with Crippen LogP contribution in [0.15, 0.2) is 30.3 Å². The van der Waals surface area contributed by atoms with Crippen LogP contribution in [0.2, 0.25) is 0 Å². The molecule has 0 fully saturated rings. The van der Waals surface area contributed by atoms with Gasteiger partial charge in [0.1, 0.15) is 5.76 Å². The molecule has 29 heavy (non-hydrogen) atoms. The zero-order valence-corrected chi connectivity index (χ0v) is 22.2. The molecule has 0 radical (unpaired) electrons. The van der Waals surface area contributed by atoms with Gasteiger partial charge in [0.05, 0.1) is 6.61 Å². The summed E-state index contributed by atoms with van der Waals surface area (Å²) in [6.45, 7) is 1.57. The maximum Gasteiger partial charge on any atom is 0.152 e. The van der Waals surface area contributed by atoms with Crippen LogP contribution >= 0.6 is 47.8 Å². The zero-order chi connectivity index (χ0) is 20.8. The van der Waals surface area contributed by atoms with Crippen molar-refractivity contribution in [3.63, 3.8) is 0 Å². The zero-order valence-electron chi connectivity index (χ0n) is 17.4. The van der Waals surface area contributed by atoms with Gasteiger partial charge >= 0.3 is 0 Å². The lowest BCUT2D eigenvalue weighted by Gasteiger charge is -2.33. The summed E-state index contributed by atoms with van der Waals surface area (Å²) in [6, 6.07) is 8.48. The smallest absolute Gasteiger partial charge is 0.152 e. The van der Waals surface area contributed by atoms with Crippen molar-refractivity contribution in [1.82, 2.24) is 0 Å². The third-order valence-corrected chi connectivity index (χ3v) is 7.39. The molecule has 0 heterocycles. The molecule has 1 atom stereocenters. The second kappa shape index (κ2) is 15.0. The SMILES string of the molecule is BrCCCCCCCOC1=CCC(Br)(OCCCCCCCBr)c2ccccc21. The van der Waals surface area contributed by atoms with E-state index in [2.05, 4.69) is 78.1 Å². The van der Waals surface area contributed by atoms with Gasteiger partial charge in [0.15, 0.2) is 4.51 Å². The molecule has 0 bridgehead atoms. The highest BCUT2D eigenvalue weighted by Crippen LogP contribution is 2.45. The summed E-state index contributed by atoms with van der Waals surface area (Å²) in [6.07, 6.45) is 15.4. The molecule has 1 unspecified atom stereocenters. The average Bonchev–Trinajstić information content (AvgIpc) is 2.74. The molecule has 0 amide bonds. The number of unbranched alkanes of at least 4 members (excludes halogenated alkanes) is 8. The minimum Gasteiger partial charge on any atom is -0.493 e. The number of fused-ring (bicyclic) bond motifs is 1. The van der Waals surface area contributed by atoms with Crippen molar-refractivity contribution in [3.05, 3.63) is 41.5 Å². The largest absolute Gasteiger partial charge is 0.493 e.